The van der Waals surface area contributed by atoms with Crippen LogP contribution in [0, 0.1) is 6.92 Å². The van der Waals surface area contributed by atoms with E-state index in [1.807, 2.05) is 25.1 Å². The Morgan fingerprint density at radius 2 is 1.74 bits per heavy atom. The van der Waals surface area contributed by atoms with Crippen LogP contribution in [0.4, 0.5) is 5.69 Å². The van der Waals surface area contributed by atoms with E-state index in [0.29, 0.717) is 22.6 Å². The molecule has 0 saturated heterocycles. The number of hydrogen-bond donors (Lipinski definition) is 3. The third kappa shape index (κ3) is 5.99. The van der Waals surface area contributed by atoms with E-state index >= 15 is 0 Å². The van der Waals surface area contributed by atoms with Crippen LogP contribution in [0.25, 0.3) is 0 Å². The molecule has 34 heavy (non-hydrogen) atoms. The predicted octanol–water partition coefficient (Wildman–Crippen LogP) is 4.34. The quantitative estimate of drug-likeness (QED) is 0.465. The average Bonchev–Trinajstić information content (AvgIpc) is 3.63. The lowest BCUT2D eigenvalue weighted by Gasteiger charge is -2.17. The first-order valence-electron chi connectivity index (χ1n) is 11.3. The van der Waals surface area contributed by atoms with Crippen LogP contribution in [0.5, 0.6) is 5.75 Å². The summed E-state index contributed by atoms with van der Waals surface area (Å²) in [6.07, 6.45) is 3.68. The highest BCUT2D eigenvalue weighted by atomic mass is 16.5. The Morgan fingerprint density at radius 1 is 1.03 bits per heavy atom. The second-order valence-corrected chi connectivity index (χ2v) is 9.14. The molecule has 0 bridgehead atoms. The van der Waals surface area contributed by atoms with Crippen LogP contribution >= 0.6 is 0 Å². The van der Waals surface area contributed by atoms with Gasteiger partial charge in [-0.15, -0.1) is 0 Å². The molecule has 1 aromatic heterocycles. The number of ether oxygens (including phenoxy) is 1. The zero-order valence-corrected chi connectivity index (χ0v) is 19.6. The molecular formula is C27H29N3O4. The van der Waals surface area contributed by atoms with Crippen LogP contribution in [0.2, 0.25) is 0 Å². The van der Waals surface area contributed by atoms with Crippen molar-refractivity contribution in [1.82, 2.24) is 10.3 Å². The summed E-state index contributed by atoms with van der Waals surface area (Å²) in [5.74, 6) is 0.224. The molecule has 7 nitrogen and oxygen atoms in total. The number of nitrogens with zero attached hydrogens (tertiary/aromatic N) is 1. The predicted molar refractivity (Wildman–Crippen MR) is 130 cm³/mol. The van der Waals surface area contributed by atoms with Crippen molar-refractivity contribution in [3.05, 3.63) is 88.7 Å². The van der Waals surface area contributed by atoms with Crippen molar-refractivity contribution < 1.29 is 19.4 Å². The number of aliphatic hydroxyl groups is 1. The van der Waals surface area contributed by atoms with Gasteiger partial charge in [0.05, 0.1) is 11.3 Å². The topological polar surface area (TPSA) is 101 Å². The number of benzene rings is 2. The minimum atomic E-state index is -0.939. The molecule has 1 heterocycles. The summed E-state index contributed by atoms with van der Waals surface area (Å²) in [5, 5.41) is 15.9. The molecule has 0 atom stereocenters. The summed E-state index contributed by atoms with van der Waals surface area (Å²) < 4.78 is 5.77. The molecule has 0 radical (unpaired) electrons. The second-order valence-electron chi connectivity index (χ2n) is 9.14. The van der Waals surface area contributed by atoms with Crippen molar-refractivity contribution in [2.45, 2.75) is 51.9 Å². The molecule has 0 spiro atoms. The third-order valence-corrected chi connectivity index (χ3v) is 5.69. The molecule has 2 amide bonds. The number of rotatable bonds is 8. The Balaban J connectivity index is 1.35. The highest BCUT2D eigenvalue weighted by Gasteiger charge is 2.24. The number of amides is 2. The zero-order chi connectivity index (χ0) is 24.3. The van der Waals surface area contributed by atoms with Gasteiger partial charge in [0.15, 0.2) is 0 Å². The summed E-state index contributed by atoms with van der Waals surface area (Å²) >= 11 is 0. The number of aromatic nitrogens is 1. The van der Waals surface area contributed by atoms with Gasteiger partial charge in [0.2, 0.25) is 0 Å². The van der Waals surface area contributed by atoms with Crippen molar-refractivity contribution in [2.24, 2.45) is 0 Å². The largest absolute Gasteiger partial charge is 0.487 e. The highest BCUT2D eigenvalue weighted by molar-refractivity contribution is 6.05. The summed E-state index contributed by atoms with van der Waals surface area (Å²) in [7, 11) is 0. The van der Waals surface area contributed by atoms with Crippen LogP contribution in [-0.4, -0.2) is 27.9 Å². The van der Waals surface area contributed by atoms with Gasteiger partial charge in [-0.3, -0.25) is 14.6 Å². The van der Waals surface area contributed by atoms with Crippen LogP contribution in [0.3, 0.4) is 0 Å². The molecule has 2 aromatic carbocycles. The zero-order valence-electron chi connectivity index (χ0n) is 19.6. The van der Waals surface area contributed by atoms with E-state index in [-0.39, 0.29) is 24.5 Å². The number of carbonyl (C=O) groups excluding carboxylic acids is 2. The third-order valence-electron chi connectivity index (χ3n) is 5.69. The second kappa shape index (κ2) is 9.65. The Kier molecular flexibility index (Phi) is 6.65. The maximum atomic E-state index is 12.8. The molecule has 0 aliphatic heterocycles. The Morgan fingerprint density at radius 3 is 2.35 bits per heavy atom. The van der Waals surface area contributed by atoms with E-state index in [0.717, 1.165) is 29.7 Å². The number of hydrogen-bond acceptors (Lipinski definition) is 5. The van der Waals surface area contributed by atoms with E-state index in [4.69, 9.17) is 4.74 Å². The monoisotopic (exact) mass is 459 g/mol. The number of carbonyl (C=O) groups is 2. The number of aryl methyl sites for hydroxylation is 1. The lowest BCUT2D eigenvalue weighted by Crippen LogP contribution is -2.25. The fourth-order valence-electron chi connectivity index (χ4n) is 3.32. The number of anilines is 1. The molecule has 1 aliphatic rings. The summed E-state index contributed by atoms with van der Waals surface area (Å²) in [5.41, 5.74) is 3.01. The van der Waals surface area contributed by atoms with Crippen LogP contribution in [0.1, 0.15) is 64.2 Å². The lowest BCUT2D eigenvalue weighted by molar-refractivity contribution is 0.0781. The molecule has 3 aromatic rings. The van der Waals surface area contributed by atoms with E-state index < -0.39 is 5.60 Å². The van der Waals surface area contributed by atoms with Gasteiger partial charge in [0.1, 0.15) is 12.4 Å². The van der Waals surface area contributed by atoms with Crippen molar-refractivity contribution >= 4 is 17.5 Å². The minimum absolute atomic E-state index is 0.122. The first-order chi connectivity index (χ1) is 16.2. The van der Waals surface area contributed by atoms with E-state index in [2.05, 4.69) is 15.6 Å². The molecule has 1 fully saturated rings. The standard InChI is InChI=1S/C27H29N3O4/c1-17-4-5-19(26(32)29-21-10-11-21)14-24(17)30-25(31)18-6-12-23(13-7-18)34-16-22-9-8-20(15-28-22)27(2,3)33/h4-9,12-15,21,33H,10-11,16H2,1-3H3,(H,29,32)(H,30,31). The molecule has 1 aliphatic carbocycles. The van der Waals surface area contributed by atoms with Crippen molar-refractivity contribution in [3.8, 4) is 5.75 Å². The molecule has 7 heteroatoms. The smallest absolute Gasteiger partial charge is 0.255 e. The summed E-state index contributed by atoms with van der Waals surface area (Å²) in [6, 6.07) is 16.1. The average molecular weight is 460 g/mol. The van der Waals surface area contributed by atoms with Gasteiger partial charge in [-0.25, -0.2) is 0 Å². The van der Waals surface area contributed by atoms with E-state index in [9.17, 15) is 14.7 Å². The Hall–Kier alpha value is -3.71. The molecule has 176 valence electrons. The van der Waals surface area contributed by atoms with Gasteiger partial charge < -0.3 is 20.5 Å². The van der Waals surface area contributed by atoms with Crippen molar-refractivity contribution in [3.63, 3.8) is 0 Å². The maximum absolute atomic E-state index is 12.8. The highest BCUT2D eigenvalue weighted by Crippen LogP contribution is 2.23. The number of pyridine rings is 1. The number of nitrogens with one attached hydrogen (secondary N) is 2. The van der Waals surface area contributed by atoms with Gasteiger partial charge in [-0.2, -0.15) is 0 Å². The molecule has 4 rings (SSSR count). The minimum Gasteiger partial charge on any atom is -0.487 e. The summed E-state index contributed by atoms with van der Waals surface area (Å²) in [6.45, 7) is 5.58. The van der Waals surface area contributed by atoms with Gasteiger partial charge in [-0.05, 0) is 81.6 Å². The fraction of sp³-hybridized carbons (Fsp3) is 0.296. The van der Waals surface area contributed by atoms with E-state index in [1.54, 1.807) is 56.4 Å². The van der Waals surface area contributed by atoms with E-state index in [1.165, 1.54) is 0 Å². The van der Waals surface area contributed by atoms with Crippen LogP contribution in [-0.2, 0) is 12.2 Å². The van der Waals surface area contributed by atoms with Gasteiger partial charge >= 0.3 is 0 Å². The summed E-state index contributed by atoms with van der Waals surface area (Å²) in [4.78, 5) is 29.4. The first-order valence-corrected chi connectivity index (χ1v) is 11.3. The molecule has 1 saturated carbocycles. The van der Waals surface area contributed by atoms with Crippen molar-refractivity contribution in [2.75, 3.05) is 5.32 Å². The molecule has 3 N–H and O–H groups in total. The normalized spacial score (nSPS) is 13.3. The Labute approximate surface area is 199 Å². The van der Waals surface area contributed by atoms with Crippen molar-refractivity contribution in [1.29, 1.82) is 0 Å². The van der Waals surface area contributed by atoms with Gasteiger partial charge in [-0.1, -0.05) is 12.1 Å². The van der Waals surface area contributed by atoms with Gasteiger partial charge in [0.25, 0.3) is 11.8 Å². The SMILES string of the molecule is Cc1ccc(C(=O)NC2CC2)cc1NC(=O)c1ccc(OCc2ccc(C(C)(C)O)cn2)cc1. The van der Waals surface area contributed by atoms with Crippen LogP contribution < -0.4 is 15.4 Å². The maximum Gasteiger partial charge on any atom is 0.255 e. The molecule has 0 unspecified atom stereocenters. The molecular weight excluding hydrogens is 430 g/mol. The Bertz CT molecular complexity index is 1180. The lowest BCUT2D eigenvalue weighted by atomic mass is 10.0. The van der Waals surface area contributed by atoms with Gasteiger partial charge in [0, 0.05) is 34.6 Å². The fourth-order valence-corrected chi connectivity index (χ4v) is 3.32. The van der Waals surface area contributed by atoms with Crippen LogP contribution in [0.15, 0.2) is 60.8 Å². The first kappa shape index (κ1) is 23.4.